The number of hydrogen-bond donors (Lipinski definition) is 1. The molecular weight excluding hydrogens is 220 g/mol. The average molecular weight is 238 g/mol. The maximum Gasteiger partial charge on any atom is 0.343 e. The number of methoxy groups -OCH3 is 1. The molecule has 1 N–H and O–H groups in total. The molecule has 1 aromatic carbocycles. The Morgan fingerprint density at radius 1 is 1.29 bits per heavy atom. The first kappa shape index (κ1) is 13.4. The molecule has 0 fully saturated rings. The number of benzene rings is 1. The van der Waals surface area contributed by atoms with Gasteiger partial charge >= 0.3 is 5.97 Å². The zero-order valence-electron chi connectivity index (χ0n) is 10.2. The van der Waals surface area contributed by atoms with Crippen LogP contribution in [0.4, 0.5) is 0 Å². The molecule has 0 atom stereocenters. The number of aromatic carboxylic acids is 1. The van der Waals surface area contributed by atoms with E-state index in [0.29, 0.717) is 18.1 Å². The van der Waals surface area contributed by atoms with Crippen LogP contribution in [-0.4, -0.2) is 24.8 Å². The molecule has 0 unspecified atom stereocenters. The smallest absolute Gasteiger partial charge is 0.343 e. The SMILES string of the molecule is CCCCCOc1cccc(OC)c1C(=O)O. The van der Waals surface area contributed by atoms with E-state index >= 15 is 0 Å². The third-order valence-electron chi connectivity index (χ3n) is 2.43. The maximum atomic E-state index is 11.1. The number of ether oxygens (including phenoxy) is 2. The zero-order valence-corrected chi connectivity index (χ0v) is 10.2. The molecule has 17 heavy (non-hydrogen) atoms. The summed E-state index contributed by atoms with van der Waals surface area (Å²) in [7, 11) is 1.45. The van der Waals surface area contributed by atoms with Crippen LogP contribution < -0.4 is 9.47 Å². The number of rotatable bonds is 7. The molecule has 0 aliphatic heterocycles. The molecule has 4 nitrogen and oxygen atoms in total. The van der Waals surface area contributed by atoms with Gasteiger partial charge in [0.25, 0.3) is 0 Å². The lowest BCUT2D eigenvalue weighted by Gasteiger charge is -2.11. The summed E-state index contributed by atoms with van der Waals surface area (Å²) in [6.07, 6.45) is 3.10. The second kappa shape index (κ2) is 6.78. The normalized spacial score (nSPS) is 10.0. The minimum absolute atomic E-state index is 0.0894. The Bertz CT molecular complexity index is 374. The summed E-state index contributed by atoms with van der Waals surface area (Å²) in [6.45, 7) is 2.63. The molecule has 0 heterocycles. The van der Waals surface area contributed by atoms with E-state index < -0.39 is 5.97 Å². The maximum absolute atomic E-state index is 11.1. The number of carboxylic acid groups (broad SMARTS) is 1. The second-order valence-corrected chi connectivity index (χ2v) is 3.69. The Balaban J connectivity index is 2.79. The predicted octanol–water partition coefficient (Wildman–Crippen LogP) is 2.96. The fourth-order valence-corrected chi connectivity index (χ4v) is 1.55. The minimum Gasteiger partial charge on any atom is -0.496 e. The lowest BCUT2D eigenvalue weighted by Crippen LogP contribution is -2.06. The van der Waals surface area contributed by atoms with Crippen molar-refractivity contribution in [2.24, 2.45) is 0 Å². The first-order valence-electron chi connectivity index (χ1n) is 5.73. The van der Waals surface area contributed by atoms with Crippen LogP contribution in [0.3, 0.4) is 0 Å². The third-order valence-corrected chi connectivity index (χ3v) is 2.43. The number of hydrogen-bond acceptors (Lipinski definition) is 3. The zero-order chi connectivity index (χ0) is 12.7. The second-order valence-electron chi connectivity index (χ2n) is 3.69. The van der Waals surface area contributed by atoms with Gasteiger partial charge in [0.1, 0.15) is 17.1 Å². The molecule has 0 bridgehead atoms. The van der Waals surface area contributed by atoms with Gasteiger partial charge in [-0.15, -0.1) is 0 Å². The van der Waals surface area contributed by atoms with Crippen molar-refractivity contribution >= 4 is 5.97 Å². The van der Waals surface area contributed by atoms with Crippen LogP contribution in [-0.2, 0) is 0 Å². The molecule has 0 aromatic heterocycles. The van der Waals surface area contributed by atoms with Crippen LogP contribution in [0, 0.1) is 0 Å². The molecule has 0 aliphatic carbocycles. The van der Waals surface area contributed by atoms with Crippen LogP contribution in [0.1, 0.15) is 36.5 Å². The van der Waals surface area contributed by atoms with Crippen molar-refractivity contribution < 1.29 is 19.4 Å². The van der Waals surface area contributed by atoms with E-state index in [1.807, 2.05) is 0 Å². The topological polar surface area (TPSA) is 55.8 Å². The lowest BCUT2D eigenvalue weighted by atomic mass is 10.2. The van der Waals surface area contributed by atoms with Gasteiger partial charge in [-0.2, -0.15) is 0 Å². The molecule has 0 saturated carbocycles. The summed E-state index contributed by atoms with van der Waals surface area (Å²) < 4.78 is 10.5. The highest BCUT2D eigenvalue weighted by Crippen LogP contribution is 2.28. The largest absolute Gasteiger partial charge is 0.496 e. The Morgan fingerprint density at radius 3 is 2.59 bits per heavy atom. The van der Waals surface area contributed by atoms with Crippen LogP contribution >= 0.6 is 0 Å². The summed E-state index contributed by atoms with van der Waals surface area (Å²) in [5, 5.41) is 9.12. The number of unbranched alkanes of at least 4 members (excludes halogenated alkanes) is 2. The highest BCUT2D eigenvalue weighted by molar-refractivity contribution is 5.94. The van der Waals surface area contributed by atoms with Gasteiger partial charge in [0.2, 0.25) is 0 Å². The molecule has 4 heteroatoms. The highest BCUT2D eigenvalue weighted by atomic mass is 16.5. The predicted molar refractivity (Wildman–Crippen MR) is 65.0 cm³/mol. The van der Waals surface area contributed by atoms with Crippen LogP contribution in [0.15, 0.2) is 18.2 Å². The van der Waals surface area contributed by atoms with Crippen LogP contribution in [0.25, 0.3) is 0 Å². The van der Waals surface area contributed by atoms with E-state index in [2.05, 4.69) is 6.92 Å². The third kappa shape index (κ3) is 3.66. The van der Waals surface area contributed by atoms with Crippen molar-refractivity contribution in [1.29, 1.82) is 0 Å². The van der Waals surface area contributed by atoms with E-state index in [0.717, 1.165) is 19.3 Å². The Morgan fingerprint density at radius 2 is 2.00 bits per heavy atom. The summed E-state index contributed by atoms with van der Waals surface area (Å²) in [4.78, 5) is 11.1. The van der Waals surface area contributed by atoms with Crippen molar-refractivity contribution in [3.05, 3.63) is 23.8 Å². The van der Waals surface area contributed by atoms with Gasteiger partial charge in [-0.05, 0) is 18.6 Å². The molecule has 94 valence electrons. The van der Waals surface area contributed by atoms with Crippen molar-refractivity contribution in [3.8, 4) is 11.5 Å². The van der Waals surface area contributed by atoms with Crippen molar-refractivity contribution in [2.75, 3.05) is 13.7 Å². The summed E-state index contributed by atoms with van der Waals surface area (Å²) in [6, 6.07) is 4.99. The molecule has 1 rings (SSSR count). The Labute approximate surface area is 101 Å². The minimum atomic E-state index is -1.03. The van der Waals surface area contributed by atoms with Gasteiger partial charge < -0.3 is 14.6 Å². The molecule has 0 amide bonds. The van der Waals surface area contributed by atoms with E-state index in [-0.39, 0.29) is 5.56 Å². The van der Waals surface area contributed by atoms with E-state index in [4.69, 9.17) is 14.6 Å². The lowest BCUT2D eigenvalue weighted by molar-refractivity contribution is 0.0688. The molecular formula is C13H18O4. The average Bonchev–Trinajstić information content (AvgIpc) is 2.33. The van der Waals surface area contributed by atoms with E-state index in [1.165, 1.54) is 7.11 Å². The van der Waals surface area contributed by atoms with Gasteiger partial charge in [-0.1, -0.05) is 25.8 Å². The molecule has 0 aliphatic rings. The quantitative estimate of drug-likeness (QED) is 0.742. The van der Waals surface area contributed by atoms with Gasteiger partial charge in [-0.25, -0.2) is 4.79 Å². The van der Waals surface area contributed by atoms with Crippen molar-refractivity contribution in [1.82, 2.24) is 0 Å². The fourth-order valence-electron chi connectivity index (χ4n) is 1.55. The van der Waals surface area contributed by atoms with Gasteiger partial charge in [0.05, 0.1) is 13.7 Å². The van der Waals surface area contributed by atoms with Gasteiger partial charge in [-0.3, -0.25) is 0 Å². The Hall–Kier alpha value is -1.71. The summed E-state index contributed by atoms with van der Waals surface area (Å²) in [5.41, 5.74) is 0.0894. The summed E-state index contributed by atoms with van der Waals surface area (Å²) in [5.74, 6) is -0.341. The van der Waals surface area contributed by atoms with Crippen molar-refractivity contribution in [2.45, 2.75) is 26.2 Å². The highest BCUT2D eigenvalue weighted by Gasteiger charge is 2.17. The van der Waals surface area contributed by atoms with Gasteiger partial charge in [0.15, 0.2) is 0 Å². The van der Waals surface area contributed by atoms with E-state index in [9.17, 15) is 4.79 Å². The molecule has 0 saturated heterocycles. The van der Waals surface area contributed by atoms with Crippen LogP contribution in [0.5, 0.6) is 11.5 Å². The number of carboxylic acids is 1. The molecule has 0 radical (unpaired) electrons. The fraction of sp³-hybridized carbons (Fsp3) is 0.462. The molecule has 1 aromatic rings. The first-order chi connectivity index (χ1) is 8.20. The van der Waals surface area contributed by atoms with E-state index in [1.54, 1.807) is 18.2 Å². The Kier molecular flexibility index (Phi) is 5.33. The standard InChI is InChI=1S/C13H18O4/c1-3-4-5-9-17-11-8-6-7-10(16-2)12(11)13(14)15/h6-8H,3-5,9H2,1-2H3,(H,14,15). The summed E-state index contributed by atoms with van der Waals surface area (Å²) >= 11 is 0. The number of carbonyl (C=O) groups is 1. The molecule has 0 spiro atoms. The van der Waals surface area contributed by atoms with Gasteiger partial charge in [0, 0.05) is 0 Å². The monoisotopic (exact) mass is 238 g/mol. The van der Waals surface area contributed by atoms with Crippen molar-refractivity contribution in [3.63, 3.8) is 0 Å². The first-order valence-corrected chi connectivity index (χ1v) is 5.73. The van der Waals surface area contributed by atoms with Crippen LogP contribution in [0.2, 0.25) is 0 Å².